The second kappa shape index (κ2) is 41.9. The number of hydrogen-bond donors (Lipinski definition) is 3. The normalized spacial score (nSPS) is 13.9. The van der Waals surface area contributed by atoms with Gasteiger partial charge < -0.3 is 24.8 Å². The van der Waals surface area contributed by atoms with Crippen LogP contribution in [0.25, 0.3) is 0 Å². The van der Waals surface area contributed by atoms with E-state index in [2.05, 4.69) is 32.6 Å². The van der Waals surface area contributed by atoms with Gasteiger partial charge in [0.25, 0.3) is 0 Å². The van der Waals surface area contributed by atoms with Gasteiger partial charge in [-0.3, -0.25) is 14.5 Å². The summed E-state index contributed by atoms with van der Waals surface area (Å²) in [6, 6.07) is 0. The minimum Gasteiger partial charge on any atom is -0.465 e. The van der Waals surface area contributed by atoms with E-state index in [9.17, 15) is 24.9 Å². The van der Waals surface area contributed by atoms with Crippen molar-refractivity contribution < 1.29 is 34.4 Å². The lowest BCUT2D eigenvalue weighted by Crippen LogP contribution is -2.38. The van der Waals surface area contributed by atoms with E-state index in [4.69, 9.17) is 9.47 Å². The van der Waals surface area contributed by atoms with Crippen LogP contribution in [-0.4, -0.2) is 83.8 Å². The highest BCUT2D eigenvalue weighted by molar-refractivity contribution is 5.72. The third-order valence-electron chi connectivity index (χ3n) is 11.5. The first-order valence-corrected chi connectivity index (χ1v) is 24.3. The molecular weight excluding hydrogens is 703 g/mol. The first-order chi connectivity index (χ1) is 27.3. The molecule has 0 amide bonds. The van der Waals surface area contributed by atoms with Crippen LogP contribution in [0.2, 0.25) is 0 Å². The lowest BCUT2D eigenvalue weighted by Gasteiger charge is -2.27. The average Bonchev–Trinajstić information content (AvgIpc) is 3.18. The summed E-state index contributed by atoms with van der Waals surface area (Å²) in [6.07, 6.45) is 32.5. The van der Waals surface area contributed by atoms with Gasteiger partial charge in [0.2, 0.25) is 0 Å². The molecule has 0 aliphatic carbocycles. The number of carbonyl (C=O) groups excluding carboxylic acids is 2. The van der Waals surface area contributed by atoms with Crippen molar-refractivity contribution in [2.45, 2.75) is 245 Å². The van der Waals surface area contributed by atoms with Gasteiger partial charge in [-0.05, 0) is 83.6 Å². The van der Waals surface area contributed by atoms with Crippen LogP contribution in [-0.2, 0) is 19.1 Å². The quantitative estimate of drug-likeness (QED) is 0.0412. The maximum Gasteiger partial charge on any atom is 0.308 e. The summed E-state index contributed by atoms with van der Waals surface area (Å²) < 4.78 is 11.5. The molecule has 0 saturated carbocycles. The highest BCUT2D eigenvalue weighted by atomic mass is 16.5. The lowest BCUT2D eigenvalue weighted by molar-refractivity contribution is -0.150. The fourth-order valence-electron chi connectivity index (χ4n) is 7.77. The van der Waals surface area contributed by atoms with Crippen LogP contribution in [0, 0.1) is 11.8 Å². The van der Waals surface area contributed by atoms with Crippen LogP contribution in [0.4, 0.5) is 0 Å². The van der Waals surface area contributed by atoms with Crippen molar-refractivity contribution in [2.24, 2.45) is 11.8 Å². The van der Waals surface area contributed by atoms with Gasteiger partial charge >= 0.3 is 11.9 Å². The van der Waals surface area contributed by atoms with Crippen LogP contribution in [0.3, 0.4) is 0 Å². The molecule has 0 radical (unpaired) electrons. The van der Waals surface area contributed by atoms with Crippen molar-refractivity contribution in [3.63, 3.8) is 0 Å². The molecule has 0 heterocycles. The predicted molar refractivity (Wildman–Crippen MR) is 235 cm³/mol. The highest BCUT2D eigenvalue weighted by Gasteiger charge is 2.21. The van der Waals surface area contributed by atoms with E-state index in [1.165, 1.54) is 103 Å². The van der Waals surface area contributed by atoms with Crippen LogP contribution in [0.5, 0.6) is 0 Å². The standard InChI is InChI=1S/C48H95NO7/c1-5-9-13-17-19-23-33-43(31-21-15-11-7-3)47(53)55-39-29-25-35-45(51)41-49(37-27-28-38-50)42-46(52)36-26-30-40-56-48(54)44(32-22-16-12-8-4)34-24-20-18-14-10-6-2/h43-46,50-52H,5-42H2,1-4H3. The van der Waals surface area contributed by atoms with Gasteiger partial charge in [-0.1, -0.05) is 156 Å². The number of carbonyl (C=O) groups is 2. The SMILES string of the molecule is CCCCCCCCC(CCCCCC)C(=O)OCCCCC(O)CN(CCCCO)CC(O)CCCCOC(=O)C(CCCCCC)CCCCCCCC. The first-order valence-electron chi connectivity index (χ1n) is 24.3. The third kappa shape index (κ3) is 34.8. The van der Waals surface area contributed by atoms with Gasteiger partial charge in [-0.2, -0.15) is 0 Å². The summed E-state index contributed by atoms with van der Waals surface area (Å²) in [5.41, 5.74) is 0. The van der Waals surface area contributed by atoms with E-state index in [1.54, 1.807) is 0 Å². The number of aliphatic hydroxyl groups excluding tert-OH is 3. The fraction of sp³-hybridized carbons (Fsp3) is 0.958. The zero-order valence-electron chi connectivity index (χ0n) is 37.6. The van der Waals surface area contributed by atoms with Crippen molar-refractivity contribution in [1.29, 1.82) is 0 Å². The molecule has 0 bridgehead atoms. The summed E-state index contributed by atoms with van der Waals surface area (Å²) in [5, 5.41) is 31.1. The molecule has 0 aromatic carbocycles. The molecule has 56 heavy (non-hydrogen) atoms. The van der Waals surface area contributed by atoms with Crippen LogP contribution in [0.15, 0.2) is 0 Å². The molecule has 0 aromatic rings. The minimum atomic E-state index is -0.531. The molecule has 0 aliphatic rings. The molecule has 8 heteroatoms. The summed E-state index contributed by atoms with van der Waals surface area (Å²) in [5.74, 6) is -0.0592. The van der Waals surface area contributed by atoms with E-state index >= 15 is 0 Å². The molecule has 0 rings (SSSR count). The smallest absolute Gasteiger partial charge is 0.308 e. The summed E-state index contributed by atoms with van der Waals surface area (Å²) in [4.78, 5) is 28.1. The van der Waals surface area contributed by atoms with Crippen molar-refractivity contribution >= 4 is 11.9 Å². The van der Waals surface area contributed by atoms with Crippen molar-refractivity contribution in [3.8, 4) is 0 Å². The Morgan fingerprint density at radius 1 is 0.429 bits per heavy atom. The molecule has 0 aromatic heterocycles. The van der Waals surface area contributed by atoms with E-state index in [0.717, 1.165) is 83.5 Å². The van der Waals surface area contributed by atoms with Crippen LogP contribution < -0.4 is 0 Å². The Hall–Kier alpha value is -1.22. The van der Waals surface area contributed by atoms with E-state index in [-0.39, 0.29) is 30.4 Å². The maximum absolute atomic E-state index is 13.0. The van der Waals surface area contributed by atoms with E-state index in [0.29, 0.717) is 52.1 Å². The molecule has 4 atom stereocenters. The molecular formula is C48H95NO7. The number of hydrogen-bond acceptors (Lipinski definition) is 8. The fourth-order valence-corrected chi connectivity index (χ4v) is 7.77. The Labute approximate surface area is 347 Å². The van der Waals surface area contributed by atoms with E-state index in [1.807, 2.05) is 0 Å². The minimum absolute atomic E-state index is 0.00900. The maximum atomic E-state index is 13.0. The third-order valence-corrected chi connectivity index (χ3v) is 11.5. The Bertz CT molecular complexity index is 780. The van der Waals surface area contributed by atoms with Crippen LogP contribution >= 0.6 is 0 Å². The number of unbranched alkanes of at least 4 members (excludes halogenated alkanes) is 19. The molecule has 0 spiro atoms. The Balaban J connectivity index is 4.61. The number of rotatable bonds is 44. The van der Waals surface area contributed by atoms with Gasteiger partial charge in [0.15, 0.2) is 0 Å². The van der Waals surface area contributed by atoms with Gasteiger partial charge in [0.1, 0.15) is 0 Å². The molecule has 334 valence electrons. The van der Waals surface area contributed by atoms with E-state index < -0.39 is 12.2 Å². The molecule has 8 nitrogen and oxygen atoms in total. The predicted octanol–water partition coefficient (Wildman–Crippen LogP) is 11.9. The average molecular weight is 798 g/mol. The van der Waals surface area contributed by atoms with Crippen molar-refractivity contribution in [1.82, 2.24) is 4.90 Å². The Kier molecular flexibility index (Phi) is 41.0. The van der Waals surface area contributed by atoms with Gasteiger partial charge in [-0.15, -0.1) is 0 Å². The number of esters is 2. The van der Waals surface area contributed by atoms with Gasteiger partial charge in [0, 0.05) is 19.7 Å². The van der Waals surface area contributed by atoms with Gasteiger partial charge in [0.05, 0.1) is 37.3 Å². The second-order valence-corrected chi connectivity index (χ2v) is 17.0. The highest BCUT2D eigenvalue weighted by Crippen LogP contribution is 2.22. The van der Waals surface area contributed by atoms with Crippen molar-refractivity contribution in [2.75, 3.05) is 39.5 Å². The van der Waals surface area contributed by atoms with Gasteiger partial charge in [-0.25, -0.2) is 0 Å². The lowest BCUT2D eigenvalue weighted by atomic mass is 9.94. The largest absolute Gasteiger partial charge is 0.465 e. The first kappa shape index (κ1) is 54.8. The number of ether oxygens (including phenoxy) is 2. The summed E-state index contributed by atoms with van der Waals surface area (Å²) in [6.45, 7) is 11.5. The Morgan fingerprint density at radius 3 is 1.11 bits per heavy atom. The number of nitrogens with zero attached hydrogens (tertiary/aromatic N) is 1. The molecule has 0 saturated heterocycles. The zero-order chi connectivity index (χ0) is 41.3. The number of aliphatic hydroxyl groups is 3. The molecule has 0 aliphatic heterocycles. The second-order valence-electron chi connectivity index (χ2n) is 17.0. The van der Waals surface area contributed by atoms with Crippen LogP contribution in [0.1, 0.15) is 233 Å². The molecule has 3 N–H and O–H groups in total. The topological polar surface area (TPSA) is 117 Å². The molecule has 0 fully saturated rings. The van der Waals surface area contributed by atoms with Crippen molar-refractivity contribution in [3.05, 3.63) is 0 Å². The summed E-state index contributed by atoms with van der Waals surface area (Å²) in [7, 11) is 0. The monoisotopic (exact) mass is 798 g/mol. The summed E-state index contributed by atoms with van der Waals surface area (Å²) >= 11 is 0. The zero-order valence-corrected chi connectivity index (χ0v) is 37.6. The molecule has 4 unspecified atom stereocenters. The Morgan fingerprint density at radius 2 is 0.750 bits per heavy atom.